The van der Waals surface area contributed by atoms with Crippen LogP contribution in [0.5, 0.6) is 0 Å². The number of hydrogen-bond donors (Lipinski definition) is 1. The van der Waals surface area contributed by atoms with E-state index in [0.29, 0.717) is 18.2 Å². The quantitative estimate of drug-likeness (QED) is 0.805. The van der Waals surface area contributed by atoms with E-state index in [1.165, 1.54) is 6.92 Å². The molecule has 0 amide bonds. The maximum atomic E-state index is 12.9. The lowest BCUT2D eigenvalue weighted by molar-refractivity contribution is 0.554. The second-order valence-corrected chi connectivity index (χ2v) is 3.84. The van der Waals surface area contributed by atoms with Crippen LogP contribution in [0.2, 0.25) is 0 Å². The smallest absolute Gasteiger partial charge is 0.287 e. The Morgan fingerprint density at radius 2 is 2.14 bits per heavy atom. The summed E-state index contributed by atoms with van der Waals surface area (Å²) >= 11 is 0. The fourth-order valence-electron chi connectivity index (χ4n) is 1.17. The second kappa shape index (κ2) is 4.35. The summed E-state index contributed by atoms with van der Waals surface area (Å²) in [6.45, 7) is 5.69. The fraction of sp³-hybridized carbons (Fsp3) is 0.600. The molecule has 1 aromatic rings. The molecule has 0 spiro atoms. The lowest BCUT2D eigenvalue weighted by Gasteiger charge is -2.04. The van der Waals surface area contributed by atoms with Gasteiger partial charge in [0.15, 0.2) is 0 Å². The van der Waals surface area contributed by atoms with Gasteiger partial charge in [-0.15, -0.1) is 0 Å². The topological polar surface area (TPSA) is 45.8 Å². The van der Waals surface area contributed by atoms with E-state index in [-0.39, 0.29) is 5.69 Å². The fourth-order valence-corrected chi connectivity index (χ4v) is 1.17. The highest BCUT2D eigenvalue weighted by Crippen LogP contribution is 2.05. The first-order valence-corrected chi connectivity index (χ1v) is 4.76. The number of halogens is 1. The van der Waals surface area contributed by atoms with Crippen LogP contribution in [0.3, 0.4) is 0 Å². The Kier molecular flexibility index (Phi) is 3.38. The zero-order chi connectivity index (χ0) is 10.7. The van der Waals surface area contributed by atoms with E-state index in [1.54, 1.807) is 0 Å². The number of aryl methyl sites for hydroxylation is 2. The maximum Gasteiger partial charge on any atom is 0.287 e. The standard InChI is InChI=1S/C10H15FN2O/c1-6(2)4-5-8-12-7(3)9(11)10(14)13-8/h6H,4-5H2,1-3H3,(H,12,13,14). The summed E-state index contributed by atoms with van der Waals surface area (Å²) in [5.41, 5.74) is -0.497. The van der Waals surface area contributed by atoms with Gasteiger partial charge in [0.2, 0.25) is 5.82 Å². The van der Waals surface area contributed by atoms with E-state index in [2.05, 4.69) is 23.8 Å². The van der Waals surface area contributed by atoms with Gasteiger partial charge in [-0.25, -0.2) is 4.98 Å². The van der Waals surface area contributed by atoms with Crippen molar-refractivity contribution in [3.8, 4) is 0 Å². The van der Waals surface area contributed by atoms with Crippen molar-refractivity contribution in [3.63, 3.8) is 0 Å². The molecule has 0 saturated carbocycles. The van der Waals surface area contributed by atoms with Crippen LogP contribution >= 0.6 is 0 Å². The van der Waals surface area contributed by atoms with E-state index < -0.39 is 11.4 Å². The molecular weight excluding hydrogens is 183 g/mol. The summed E-state index contributed by atoms with van der Waals surface area (Å²) in [6, 6.07) is 0. The van der Waals surface area contributed by atoms with Gasteiger partial charge in [-0.2, -0.15) is 4.39 Å². The molecule has 78 valence electrons. The Bertz CT molecular complexity index is 371. The van der Waals surface area contributed by atoms with Crippen LogP contribution in [0.4, 0.5) is 4.39 Å². The SMILES string of the molecule is Cc1nc(CCC(C)C)[nH]c(=O)c1F. The first-order chi connectivity index (χ1) is 6.50. The van der Waals surface area contributed by atoms with Crippen molar-refractivity contribution >= 4 is 0 Å². The molecule has 0 fully saturated rings. The third-order valence-electron chi connectivity index (χ3n) is 2.04. The van der Waals surface area contributed by atoms with Crippen LogP contribution in [0.1, 0.15) is 31.8 Å². The Hall–Kier alpha value is -1.19. The van der Waals surface area contributed by atoms with Gasteiger partial charge in [-0.1, -0.05) is 13.8 Å². The van der Waals surface area contributed by atoms with Gasteiger partial charge in [0, 0.05) is 6.42 Å². The molecule has 0 aliphatic heterocycles. The predicted molar refractivity (Wildman–Crippen MR) is 52.7 cm³/mol. The minimum absolute atomic E-state index is 0.174. The van der Waals surface area contributed by atoms with E-state index >= 15 is 0 Å². The summed E-state index contributed by atoms with van der Waals surface area (Å²) in [7, 11) is 0. The average Bonchev–Trinajstić information content (AvgIpc) is 2.10. The molecule has 1 aromatic heterocycles. The van der Waals surface area contributed by atoms with Gasteiger partial charge >= 0.3 is 0 Å². The van der Waals surface area contributed by atoms with Gasteiger partial charge in [-0.05, 0) is 19.3 Å². The third-order valence-corrected chi connectivity index (χ3v) is 2.04. The van der Waals surface area contributed by atoms with Crippen molar-refractivity contribution in [3.05, 3.63) is 27.7 Å². The van der Waals surface area contributed by atoms with Crippen molar-refractivity contribution in [2.45, 2.75) is 33.6 Å². The van der Waals surface area contributed by atoms with Gasteiger partial charge in [0.25, 0.3) is 5.56 Å². The summed E-state index contributed by atoms with van der Waals surface area (Å²) < 4.78 is 12.9. The number of aromatic amines is 1. The molecule has 0 bridgehead atoms. The summed E-state index contributed by atoms with van der Waals surface area (Å²) in [4.78, 5) is 17.4. The Balaban J connectivity index is 2.85. The van der Waals surface area contributed by atoms with Gasteiger partial charge in [-0.3, -0.25) is 4.79 Å². The zero-order valence-electron chi connectivity index (χ0n) is 8.72. The maximum absolute atomic E-state index is 12.9. The Morgan fingerprint density at radius 3 is 2.64 bits per heavy atom. The molecule has 14 heavy (non-hydrogen) atoms. The molecule has 0 atom stereocenters. The van der Waals surface area contributed by atoms with Crippen LogP contribution in [-0.4, -0.2) is 9.97 Å². The van der Waals surface area contributed by atoms with Crippen LogP contribution in [-0.2, 0) is 6.42 Å². The highest BCUT2D eigenvalue weighted by atomic mass is 19.1. The van der Waals surface area contributed by atoms with Crippen LogP contribution < -0.4 is 5.56 Å². The summed E-state index contributed by atoms with van der Waals surface area (Å²) in [5.74, 6) is 0.339. The molecule has 0 saturated heterocycles. The molecule has 1 N–H and O–H groups in total. The van der Waals surface area contributed by atoms with Gasteiger partial charge in [0.1, 0.15) is 5.82 Å². The third kappa shape index (κ3) is 2.65. The Labute approximate surface area is 82.4 Å². The molecule has 1 rings (SSSR count). The first-order valence-electron chi connectivity index (χ1n) is 4.76. The number of hydrogen-bond acceptors (Lipinski definition) is 2. The Morgan fingerprint density at radius 1 is 1.50 bits per heavy atom. The first kappa shape index (κ1) is 10.9. The molecular formula is C10H15FN2O. The number of H-pyrrole nitrogens is 1. The lowest BCUT2D eigenvalue weighted by atomic mass is 10.1. The lowest BCUT2D eigenvalue weighted by Crippen LogP contribution is -2.17. The van der Waals surface area contributed by atoms with E-state index in [4.69, 9.17) is 0 Å². The minimum Gasteiger partial charge on any atom is -0.308 e. The minimum atomic E-state index is -0.779. The van der Waals surface area contributed by atoms with Crippen molar-refractivity contribution < 1.29 is 4.39 Å². The zero-order valence-corrected chi connectivity index (χ0v) is 8.72. The molecule has 0 aliphatic rings. The highest BCUT2D eigenvalue weighted by molar-refractivity contribution is 5.03. The number of rotatable bonds is 3. The van der Waals surface area contributed by atoms with E-state index in [0.717, 1.165) is 6.42 Å². The average molecular weight is 198 g/mol. The molecule has 0 aliphatic carbocycles. The predicted octanol–water partition coefficient (Wildman–Crippen LogP) is 1.81. The van der Waals surface area contributed by atoms with Crippen LogP contribution in [0.25, 0.3) is 0 Å². The highest BCUT2D eigenvalue weighted by Gasteiger charge is 2.07. The number of aromatic nitrogens is 2. The normalized spacial score (nSPS) is 10.9. The van der Waals surface area contributed by atoms with E-state index in [9.17, 15) is 9.18 Å². The van der Waals surface area contributed by atoms with Crippen LogP contribution in [0.15, 0.2) is 4.79 Å². The molecule has 4 heteroatoms. The second-order valence-electron chi connectivity index (χ2n) is 3.84. The largest absolute Gasteiger partial charge is 0.308 e. The van der Waals surface area contributed by atoms with Gasteiger partial charge < -0.3 is 4.98 Å². The van der Waals surface area contributed by atoms with Crippen molar-refractivity contribution in [2.75, 3.05) is 0 Å². The van der Waals surface area contributed by atoms with Crippen LogP contribution in [0, 0.1) is 18.7 Å². The van der Waals surface area contributed by atoms with Crippen molar-refractivity contribution in [1.29, 1.82) is 0 Å². The van der Waals surface area contributed by atoms with Crippen molar-refractivity contribution in [2.24, 2.45) is 5.92 Å². The van der Waals surface area contributed by atoms with Gasteiger partial charge in [0.05, 0.1) is 5.69 Å². The molecule has 0 aromatic carbocycles. The number of nitrogens with one attached hydrogen (secondary N) is 1. The molecule has 3 nitrogen and oxygen atoms in total. The van der Waals surface area contributed by atoms with Crippen molar-refractivity contribution in [1.82, 2.24) is 9.97 Å². The molecule has 0 radical (unpaired) electrons. The molecule has 1 heterocycles. The molecule has 0 unspecified atom stereocenters. The summed E-state index contributed by atoms with van der Waals surface area (Å²) in [6.07, 6.45) is 1.63. The monoisotopic (exact) mass is 198 g/mol. The summed E-state index contributed by atoms with van der Waals surface area (Å²) in [5, 5.41) is 0. The van der Waals surface area contributed by atoms with E-state index in [1.807, 2.05) is 0 Å². The number of nitrogens with zero attached hydrogens (tertiary/aromatic N) is 1.